The second-order valence-electron chi connectivity index (χ2n) is 26.6. The van der Waals surface area contributed by atoms with E-state index in [1.807, 2.05) is 27.2 Å². The standard InChI is InChI=1S/C81H145N2O6P/c1-6-8-10-12-14-16-18-20-22-24-26-28-30-32-34-35-36-37-38-39-40-41-42-43-44-45-46-47-49-51-53-55-57-59-61-63-65-67-69-71-73-75-81(85)82-79(78-89-90(86,87)88-77-76-83(3,4)5)80(84)74-72-70-68-66-64-62-60-58-56-54-52-50-48-33-31-29-27-25-23-21-19-17-15-13-11-9-7-2/h8,10,14,16,20,22,26,28,32,34,36-37,39-40,56,58,64,66,72,74,79-80,84H,6-7,9,11-13,15,17-19,21,23-25,27,29-31,33,35,38,41-55,57,59-63,65,67-71,73,75-78H2,1-5H3,(H-,82,85,86,87)/p+1/b10-8-,16-14-,22-20-,28-26-,34-32-,37-36-,40-39-,58-56+,66-64+,74-72+. The summed E-state index contributed by atoms with van der Waals surface area (Å²) < 4.78 is 23.8. The van der Waals surface area contributed by atoms with Gasteiger partial charge >= 0.3 is 7.82 Å². The van der Waals surface area contributed by atoms with Crippen molar-refractivity contribution < 1.29 is 32.9 Å². The number of unbranched alkanes of at least 4 members (excludes halogenated alkanes) is 38. The molecule has 1 amide bonds. The molecule has 0 aromatic rings. The third-order valence-electron chi connectivity index (χ3n) is 16.6. The van der Waals surface area contributed by atoms with Crippen LogP contribution in [-0.2, 0) is 18.4 Å². The van der Waals surface area contributed by atoms with Gasteiger partial charge in [-0.3, -0.25) is 13.8 Å². The molecule has 0 aliphatic rings. The summed E-state index contributed by atoms with van der Waals surface area (Å²) in [6, 6.07) is -0.877. The normalized spacial score (nSPS) is 14.3. The van der Waals surface area contributed by atoms with Crippen LogP contribution in [0.5, 0.6) is 0 Å². The molecule has 0 fully saturated rings. The van der Waals surface area contributed by atoms with Crippen molar-refractivity contribution in [3.05, 3.63) is 122 Å². The molecule has 90 heavy (non-hydrogen) atoms. The van der Waals surface area contributed by atoms with Crippen LogP contribution in [0.2, 0.25) is 0 Å². The van der Waals surface area contributed by atoms with Crippen LogP contribution in [0, 0.1) is 0 Å². The Morgan fingerprint density at radius 3 is 1.02 bits per heavy atom. The third kappa shape index (κ3) is 72.3. The van der Waals surface area contributed by atoms with E-state index < -0.39 is 20.0 Å². The number of rotatable bonds is 69. The number of nitrogens with zero attached hydrogens (tertiary/aromatic N) is 1. The smallest absolute Gasteiger partial charge is 0.387 e. The van der Waals surface area contributed by atoms with Crippen LogP contribution in [-0.4, -0.2) is 73.4 Å². The van der Waals surface area contributed by atoms with Gasteiger partial charge in [0.15, 0.2) is 0 Å². The number of hydrogen-bond donors (Lipinski definition) is 3. The van der Waals surface area contributed by atoms with E-state index in [0.29, 0.717) is 17.4 Å². The Bertz CT molecular complexity index is 1890. The quantitative estimate of drug-likeness (QED) is 0.0243. The summed E-state index contributed by atoms with van der Waals surface area (Å²) in [6.07, 6.45) is 105. The number of likely N-dealkylation sites (N-methyl/N-ethyl adjacent to an activating group) is 1. The molecular formula is C81H146N2O6P+. The zero-order chi connectivity index (χ0) is 65.5. The maximum absolute atomic E-state index is 13.1. The minimum atomic E-state index is -4.37. The first kappa shape index (κ1) is 86.9. The molecule has 0 saturated heterocycles. The lowest BCUT2D eigenvalue weighted by molar-refractivity contribution is -0.870. The number of carbonyl (C=O) groups excluding carboxylic acids is 1. The van der Waals surface area contributed by atoms with Gasteiger partial charge in [0.25, 0.3) is 0 Å². The topological polar surface area (TPSA) is 105 Å². The minimum Gasteiger partial charge on any atom is -0.387 e. The number of amides is 1. The van der Waals surface area contributed by atoms with Crippen molar-refractivity contribution in [1.82, 2.24) is 5.32 Å². The highest BCUT2D eigenvalue weighted by molar-refractivity contribution is 7.47. The van der Waals surface area contributed by atoms with E-state index in [0.717, 1.165) is 89.9 Å². The van der Waals surface area contributed by atoms with E-state index in [4.69, 9.17) is 9.05 Å². The number of allylic oxidation sites excluding steroid dienone is 19. The van der Waals surface area contributed by atoms with Crippen molar-refractivity contribution in [2.24, 2.45) is 0 Å². The molecule has 0 radical (unpaired) electrons. The Morgan fingerprint density at radius 2 is 0.678 bits per heavy atom. The molecule has 0 spiro atoms. The number of phosphoric ester groups is 1. The number of hydrogen-bond acceptors (Lipinski definition) is 5. The summed E-state index contributed by atoms with van der Waals surface area (Å²) in [5.74, 6) is -0.189. The lowest BCUT2D eigenvalue weighted by Crippen LogP contribution is -2.45. The summed E-state index contributed by atoms with van der Waals surface area (Å²) in [4.78, 5) is 23.5. The zero-order valence-corrected chi connectivity index (χ0v) is 60.5. The van der Waals surface area contributed by atoms with E-state index in [2.05, 4.69) is 129 Å². The molecule has 0 bridgehead atoms. The molecule has 0 aliphatic carbocycles. The van der Waals surface area contributed by atoms with Gasteiger partial charge in [-0.25, -0.2) is 4.57 Å². The SMILES string of the molecule is CC/C=C\C/C=C\C/C=C\C/C=C\C/C=C\C/C=C\C/C=C\CCCCCCCCCCCCCCCCCCCCCC(=O)NC(COP(=O)(O)OCC[N+](C)(C)C)C(O)/C=C/CC/C=C/CC/C=C/CCCCCCCCCCCCCCCCCCC. The van der Waals surface area contributed by atoms with Crippen LogP contribution in [0.15, 0.2) is 122 Å². The maximum Gasteiger partial charge on any atom is 0.472 e. The molecule has 0 heterocycles. The number of phosphoric acid groups is 1. The lowest BCUT2D eigenvalue weighted by Gasteiger charge is -2.25. The highest BCUT2D eigenvalue weighted by Crippen LogP contribution is 2.43. The molecule has 0 aliphatic heterocycles. The van der Waals surface area contributed by atoms with E-state index in [1.54, 1.807) is 6.08 Å². The predicted octanol–water partition coefficient (Wildman–Crippen LogP) is 24.8. The summed E-state index contributed by atoms with van der Waals surface area (Å²) in [6.45, 7) is 4.70. The lowest BCUT2D eigenvalue weighted by atomic mass is 10.0. The Balaban J connectivity index is 4.05. The highest BCUT2D eigenvalue weighted by Gasteiger charge is 2.28. The average molecular weight is 1280 g/mol. The number of quaternary nitrogens is 1. The van der Waals surface area contributed by atoms with Crippen LogP contribution < -0.4 is 5.32 Å². The van der Waals surface area contributed by atoms with Gasteiger partial charge in [0.05, 0.1) is 39.9 Å². The van der Waals surface area contributed by atoms with Crippen LogP contribution in [0.4, 0.5) is 0 Å². The molecule has 0 aromatic heterocycles. The van der Waals surface area contributed by atoms with Gasteiger partial charge in [0.2, 0.25) is 5.91 Å². The summed E-state index contributed by atoms with van der Waals surface area (Å²) in [5, 5.41) is 14.0. The van der Waals surface area contributed by atoms with Crippen LogP contribution in [0.3, 0.4) is 0 Å². The van der Waals surface area contributed by atoms with Gasteiger partial charge in [-0.05, 0) is 103 Å². The van der Waals surface area contributed by atoms with E-state index >= 15 is 0 Å². The molecule has 9 heteroatoms. The molecule has 8 nitrogen and oxygen atoms in total. The maximum atomic E-state index is 13.1. The van der Waals surface area contributed by atoms with Crippen molar-refractivity contribution in [1.29, 1.82) is 0 Å². The van der Waals surface area contributed by atoms with Crippen molar-refractivity contribution in [2.45, 2.75) is 347 Å². The van der Waals surface area contributed by atoms with E-state index in [-0.39, 0.29) is 19.1 Å². The fourth-order valence-corrected chi connectivity index (χ4v) is 11.6. The first-order chi connectivity index (χ1) is 44.0. The second kappa shape index (κ2) is 70.2. The van der Waals surface area contributed by atoms with Gasteiger partial charge in [-0.15, -0.1) is 0 Å². The van der Waals surface area contributed by atoms with Gasteiger partial charge < -0.3 is 19.8 Å². The largest absolute Gasteiger partial charge is 0.472 e. The van der Waals surface area contributed by atoms with Crippen LogP contribution in [0.1, 0.15) is 335 Å². The Labute approximate surface area is 558 Å². The monoisotopic (exact) mass is 1270 g/mol. The highest BCUT2D eigenvalue weighted by atomic mass is 31.2. The number of carbonyl (C=O) groups is 1. The molecule has 0 rings (SSSR count). The van der Waals surface area contributed by atoms with Crippen molar-refractivity contribution in [2.75, 3.05) is 40.9 Å². The Kier molecular flexibility index (Phi) is 67.8. The van der Waals surface area contributed by atoms with Gasteiger partial charge in [0.1, 0.15) is 13.2 Å². The fraction of sp³-hybridized carbons (Fsp3) is 0.741. The van der Waals surface area contributed by atoms with Gasteiger partial charge in [-0.2, -0.15) is 0 Å². The van der Waals surface area contributed by atoms with Crippen molar-refractivity contribution in [3.8, 4) is 0 Å². The third-order valence-corrected chi connectivity index (χ3v) is 17.6. The van der Waals surface area contributed by atoms with E-state index in [9.17, 15) is 19.4 Å². The second-order valence-corrected chi connectivity index (χ2v) is 28.1. The average Bonchev–Trinajstić information content (AvgIpc) is 3.09. The molecule has 520 valence electrons. The summed E-state index contributed by atoms with van der Waals surface area (Å²) in [7, 11) is 1.55. The van der Waals surface area contributed by atoms with Crippen molar-refractivity contribution in [3.63, 3.8) is 0 Å². The van der Waals surface area contributed by atoms with Crippen molar-refractivity contribution >= 4 is 13.7 Å². The first-order valence-electron chi connectivity index (χ1n) is 37.9. The zero-order valence-electron chi connectivity index (χ0n) is 59.6. The Morgan fingerprint density at radius 1 is 0.389 bits per heavy atom. The minimum absolute atomic E-state index is 0.0507. The molecule has 3 N–H and O–H groups in total. The molecule has 0 aromatic carbocycles. The summed E-state index contributed by atoms with van der Waals surface area (Å²) in [5.41, 5.74) is 0. The number of aliphatic hydroxyl groups is 1. The predicted molar refractivity (Wildman–Crippen MR) is 396 cm³/mol. The van der Waals surface area contributed by atoms with Crippen LogP contribution >= 0.6 is 7.82 Å². The molecule has 0 saturated carbocycles. The summed E-state index contributed by atoms with van der Waals surface area (Å²) >= 11 is 0. The molecule has 3 unspecified atom stereocenters. The Hall–Kier alpha value is -3.10. The van der Waals surface area contributed by atoms with Crippen LogP contribution in [0.25, 0.3) is 0 Å². The van der Waals surface area contributed by atoms with Gasteiger partial charge in [0, 0.05) is 6.42 Å². The number of aliphatic hydroxyl groups excluding tert-OH is 1. The van der Waals surface area contributed by atoms with E-state index in [1.165, 1.54) is 225 Å². The van der Waals surface area contributed by atoms with Gasteiger partial charge in [-0.1, -0.05) is 347 Å². The number of nitrogens with one attached hydrogen (secondary N) is 1. The fourth-order valence-electron chi connectivity index (χ4n) is 10.8. The molecule has 3 atom stereocenters. The first-order valence-corrected chi connectivity index (χ1v) is 39.4. The molecular weight excluding hydrogens is 1130 g/mol.